The van der Waals surface area contributed by atoms with Gasteiger partial charge in [0.1, 0.15) is 5.82 Å². The van der Waals surface area contributed by atoms with Crippen LogP contribution in [0.15, 0.2) is 6.20 Å². The van der Waals surface area contributed by atoms with Crippen LogP contribution in [0.5, 0.6) is 0 Å². The highest BCUT2D eigenvalue weighted by molar-refractivity contribution is 5.48. The van der Waals surface area contributed by atoms with Crippen LogP contribution in [0, 0.1) is 5.92 Å². The lowest BCUT2D eigenvalue weighted by Gasteiger charge is -2.22. The standard InChI is InChI=1S/C14H25N3O/c1-10(2)6-7-17(5)13-8-15-14(11(3)4)16-12(13)9-18/h8,10-11,18H,6-7,9H2,1-5H3. The Morgan fingerprint density at radius 3 is 2.44 bits per heavy atom. The molecular formula is C14H25N3O. The number of aromatic nitrogens is 2. The van der Waals surface area contributed by atoms with E-state index in [0.717, 1.165) is 30.2 Å². The molecule has 0 saturated heterocycles. The summed E-state index contributed by atoms with van der Waals surface area (Å²) in [5.41, 5.74) is 1.66. The van der Waals surface area contributed by atoms with Gasteiger partial charge in [-0.15, -0.1) is 0 Å². The van der Waals surface area contributed by atoms with Crippen LogP contribution in [0.3, 0.4) is 0 Å². The number of anilines is 1. The summed E-state index contributed by atoms with van der Waals surface area (Å²) in [5, 5.41) is 9.43. The summed E-state index contributed by atoms with van der Waals surface area (Å²) < 4.78 is 0. The van der Waals surface area contributed by atoms with Crippen LogP contribution in [0.25, 0.3) is 0 Å². The summed E-state index contributed by atoms with van der Waals surface area (Å²) >= 11 is 0. The van der Waals surface area contributed by atoms with Gasteiger partial charge in [0.25, 0.3) is 0 Å². The van der Waals surface area contributed by atoms with E-state index in [9.17, 15) is 5.11 Å². The van der Waals surface area contributed by atoms with Gasteiger partial charge < -0.3 is 10.0 Å². The van der Waals surface area contributed by atoms with E-state index in [1.165, 1.54) is 0 Å². The SMILES string of the molecule is CC(C)CCN(C)c1cnc(C(C)C)nc1CO. The van der Waals surface area contributed by atoms with Crippen molar-refractivity contribution in [3.8, 4) is 0 Å². The Kier molecular flexibility index (Phi) is 5.54. The zero-order valence-electron chi connectivity index (χ0n) is 12.1. The Labute approximate surface area is 110 Å². The fourth-order valence-electron chi connectivity index (χ4n) is 1.71. The van der Waals surface area contributed by atoms with Crippen LogP contribution in [0.1, 0.15) is 51.6 Å². The average Bonchev–Trinajstić information content (AvgIpc) is 2.34. The maximum absolute atomic E-state index is 9.43. The van der Waals surface area contributed by atoms with Gasteiger partial charge in [-0.3, -0.25) is 0 Å². The summed E-state index contributed by atoms with van der Waals surface area (Å²) in [6, 6.07) is 0. The van der Waals surface area contributed by atoms with Crippen molar-refractivity contribution in [2.24, 2.45) is 5.92 Å². The van der Waals surface area contributed by atoms with Gasteiger partial charge in [-0.2, -0.15) is 0 Å². The topological polar surface area (TPSA) is 49.2 Å². The Balaban J connectivity index is 2.87. The number of hydrogen-bond acceptors (Lipinski definition) is 4. The van der Waals surface area contributed by atoms with E-state index < -0.39 is 0 Å². The highest BCUT2D eigenvalue weighted by Gasteiger charge is 2.12. The molecule has 4 heteroatoms. The third kappa shape index (κ3) is 3.95. The molecule has 0 aromatic carbocycles. The summed E-state index contributed by atoms with van der Waals surface area (Å²) in [5.74, 6) is 1.74. The Morgan fingerprint density at radius 1 is 1.28 bits per heavy atom. The minimum Gasteiger partial charge on any atom is -0.390 e. The smallest absolute Gasteiger partial charge is 0.131 e. The lowest BCUT2D eigenvalue weighted by Crippen LogP contribution is -2.22. The first-order valence-corrected chi connectivity index (χ1v) is 6.63. The average molecular weight is 251 g/mol. The Bertz CT molecular complexity index is 377. The van der Waals surface area contributed by atoms with Crippen molar-refractivity contribution in [3.05, 3.63) is 17.7 Å². The number of aliphatic hydroxyl groups excluding tert-OH is 1. The Hall–Kier alpha value is -1.16. The summed E-state index contributed by atoms with van der Waals surface area (Å²) in [7, 11) is 2.02. The first kappa shape index (κ1) is 14.9. The molecule has 102 valence electrons. The molecular weight excluding hydrogens is 226 g/mol. The van der Waals surface area contributed by atoms with Crippen LogP contribution < -0.4 is 4.90 Å². The number of nitrogens with zero attached hydrogens (tertiary/aromatic N) is 3. The van der Waals surface area contributed by atoms with E-state index in [-0.39, 0.29) is 12.5 Å². The largest absolute Gasteiger partial charge is 0.390 e. The van der Waals surface area contributed by atoms with Crippen molar-refractivity contribution in [3.63, 3.8) is 0 Å². The third-order valence-corrected chi connectivity index (χ3v) is 2.98. The molecule has 1 aromatic rings. The van der Waals surface area contributed by atoms with Gasteiger partial charge in [0, 0.05) is 19.5 Å². The summed E-state index contributed by atoms with van der Waals surface area (Å²) in [6.07, 6.45) is 2.95. The van der Waals surface area contributed by atoms with Crippen molar-refractivity contribution >= 4 is 5.69 Å². The van der Waals surface area contributed by atoms with Crippen molar-refractivity contribution in [1.82, 2.24) is 9.97 Å². The van der Waals surface area contributed by atoms with E-state index in [1.54, 1.807) is 0 Å². The predicted octanol–water partition coefficient (Wildman–Crippen LogP) is 2.57. The van der Waals surface area contributed by atoms with Crippen molar-refractivity contribution in [2.75, 3.05) is 18.5 Å². The normalized spacial score (nSPS) is 11.3. The lowest BCUT2D eigenvalue weighted by atomic mass is 10.1. The van der Waals surface area contributed by atoms with E-state index in [2.05, 4.69) is 42.6 Å². The molecule has 0 saturated carbocycles. The van der Waals surface area contributed by atoms with Crippen LogP contribution in [-0.2, 0) is 6.61 Å². The fourth-order valence-corrected chi connectivity index (χ4v) is 1.71. The van der Waals surface area contributed by atoms with E-state index in [0.29, 0.717) is 5.92 Å². The van der Waals surface area contributed by atoms with Gasteiger partial charge in [-0.1, -0.05) is 27.7 Å². The molecule has 18 heavy (non-hydrogen) atoms. The van der Waals surface area contributed by atoms with Crippen LogP contribution in [0.4, 0.5) is 5.69 Å². The second-order valence-electron chi connectivity index (χ2n) is 5.48. The van der Waals surface area contributed by atoms with E-state index in [4.69, 9.17) is 0 Å². The molecule has 0 amide bonds. The lowest BCUT2D eigenvalue weighted by molar-refractivity contribution is 0.276. The minimum absolute atomic E-state index is 0.0381. The second kappa shape index (κ2) is 6.69. The van der Waals surface area contributed by atoms with Crippen LogP contribution in [-0.4, -0.2) is 28.7 Å². The molecule has 0 bridgehead atoms. The molecule has 1 rings (SSSR count). The Morgan fingerprint density at radius 2 is 1.94 bits per heavy atom. The molecule has 1 aromatic heterocycles. The molecule has 0 atom stereocenters. The third-order valence-electron chi connectivity index (χ3n) is 2.98. The number of aliphatic hydroxyl groups is 1. The first-order chi connectivity index (χ1) is 8.45. The molecule has 0 radical (unpaired) electrons. The molecule has 0 unspecified atom stereocenters. The van der Waals surface area contributed by atoms with Gasteiger partial charge in [0.05, 0.1) is 24.2 Å². The number of rotatable bonds is 6. The van der Waals surface area contributed by atoms with Gasteiger partial charge in [-0.05, 0) is 12.3 Å². The summed E-state index contributed by atoms with van der Waals surface area (Å²) in [4.78, 5) is 10.9. The molecule has 4 nitrogen and oxygen atoms in total. The van der Waals surface area contributed by atoms with E-state index in [1.807, 2.05) is 13.2 Å². The molecule has 0 aliphatic rings. The highest BCUT2D eigenvalue weighted by atomic mass is 16.3. The predicted molar refractivity (Wildman–Crippen MR) is 74.8 cm³/mol. The van der Waals surface area contributed by atoms with Gasteiger partial charge >= 0.3 is 0 Å². The van der Waals surface area contributed by atoms with Gasteiger partial charge in [-0.25, -0.2) is 9.97 Å². The zero-order valence-corrected chi connectivity index (χ0v) is 12.1. The van der Waals surface area contributed by atoms with Crippen molar-refractivity contribution in [1.29, 1.82) is 0 Å². The van der Waals surface area contributed by atoms with Gasteiger partial charge in [0.2, 0.25) is 0 Å². The molecule has 0 fully saturated rings. The molecule has 1 heterocycles. The molecule has 0 aliphatic carbocycles. The second-order valence-corrected chi connectivity index (χ2v) is 5.48. The van der Waals surface area contributed by atoms with Crippen molar-refractivity contribution in [2.45, 2.75) is 46.6 Å². The quantitative estimate of drug-likeness (QED) is 0.844. The van der Waals surface area contributed by atoms with Crippen molar-refractivity contribution < 1.29 is 5.11 Å². The van der Waals surface area contributed by atoms with Crippen LogP contribution >= 0.6 is 0 Å². The zero-order chi connectivity index (χ0) is 13.7. The molecule has 0 spiro atoms. The fraction of sp³-hybridized carbons (Fsp3) is 0.714. The van der Waals surface area contributed by atoms with E-state index >= 15 is 0 Å². The number of hydrogen-bond donors (Lipinski definition) is 1. The minimum atomic E-state index is -0.0381. The molecule has 1 N–H and O–H groups in total. The maximum atomic E-state index is 9.43. The summed E-state index contributed by atoms with van der Waals surface area (Å²) in [6.45, 7) is 9.44. The monoisotopic (exact) mass is 251 g/mol. The first-order valence-electron chi connectivity index (χ1n) is 6.63. The van der Waals surface area contributed by atoms with Crippen LogP contribution in [0.2, 0.25) is 0 Å². The molecule has 0 aliphatic heterocycles. The maximum Gasteiger partial charge on any atom is 0.131 e. The van der Waals surface area contributed by atoms with Gasteiger partial charge in [0.15, 0.2) is 0 Å². The highest BCUT2D eigenvalue weighted by Crippen LogP contribution is 2.20.